The molecule has 0 unspecified atom stereocenters. The van der Waals surface area contributed by atoms with E-state index >= 15 is 0 Å². The molecule has 1 atom stereocenters. The van der Waals surface area contributed by atoms with Gasteiger partial charge in [-0.05, 0) is 48.9 Å². The lowest BCUT2D eigenvalue weighted by Gasteiger charge is -2.33. The molecule has 0 aliphatic carbocycles. The zero-order valence-corrected chi connectivity index (χ0v) is 16.2. The summed E-state index contributed by atoms with van der Waals surface area (Å²) in [5.41, 5.74) is 3.10. The van der Waals surface area contributed by atoms with Crippen LogP contribution in [0.5, 0.6) is 0 Å². The van der Waals surface area contributed by atoms with E-state index in [-0.39, 0.29) is 11.9 Å². The first kappa shape index (κ1) is 19.4. The standard InChI is InChI=1S/C22H29N3O2/c1-17(2)13-18-7-9-19(10-8-18)14-24-11-4-6-21(16-24)23-22(26)20-5-3-12-25(27)15-20/h3,5,7-10,12,15,17,21H,4,6,11,13-14,16H2,1-2H3,(H,23,26)/t21-/m0/s1. The fourth-order valence-electron chi connectivity index (χ4n) is 3.69. The second-order valence-electron chi connectivity index (χ2n) is 7.91. The lowest BCUT2D eigenvalue weighted by Crippen LogP contribution is -2.47. The van der Waals surface area contributed by atoms with Gasteiger partial charge in [0.05, 0.1) is 0 Å². The maximum absolute atomic E-state index is 12.4. The number of carbonyl (C=O) groups excluding carboxylic acids is 1. The van der Waals surface area contributed by atoms with Crippen molar-refractivity contribution < 1.29 is 9.52 Å². The Bertz CT molecular complexity index is 758. The fraction of sp³-hybridized carbons (Fsp3) is 0.455. The van der Waals surface area contributed by atoms with Crippen LogP contribution in [0.3, 0.4) is 0 Å². The molecule has 1 amide bonds. The van der Waals surface area contributed by atoms with Gasteiger partial charge in [-0.2, -0.15) is 4.73 Å². The summed E-state index contributed by atoms with van der Waals surface area (Å²) in [5.74, 6) is 0.494. The van der Waals surface area contributed by atoms with Gasteiger partial charge in [-0.3, -0.25) is 9.69 Å². The number of likely N-dealkylation sites (tertiary alicyclic amines) is 1. The molecule has 1 N–H and O–H groups in total. The van der Waals surface area contributed by atoms with E-state index in [4.69, 9.17) is 0 Å². The van der Waals surface area contributed by atoms with E-state index in [1.165, 1.54) is 23.5 Å². The average Bonchev–Trinajstić information content (AvgIpc) is 2.63. The van der Waals surface area contributed by atoms with E-state index in [1.54, 1.807) is 12.1 Å². The Labute approximate surface area is 161 Å². The Morgan fingerprint density at radius 1 is 1.26 bits per heavy atom. The van der Waals surface area contributed by atoms with Crippen LogP contribution < -0.4 is 10.0 Å². The molecule has 0 spiro atoms. The number of rotatable bonds is 6. The van der Waals surface area contributed by atoms with E-state index in [0.29, 0.717) is 16.2 Å². The minimum absolute atomic E-state index is 0.117. The number of nitrogens with one attached hydrogen (secondary N) is 1. The molecule has 0 saturated carbocycles. The number of piperidine rings is 1. The van der Waals surface area contributed by atoms with Crippen LogP contribution in [0.25, 0.3) is 0 Å². The maximum Gasteiger partial charge on any atom is 0.257 e. The molecule has 1 aromatic heterocycles. The highest BCUT2D eigenvalue weighted by Crippen LogP contribution is 2.16. The summed E-state index contributed by atoms with van der Waals surface area (Å²) in [7, 11) is 0. The molecule has 0 radical (unpaired) electrons. The molecule has 27 heavy (non-hydrogen) atoms. The van der Waals surface area contributed by atoms with Gasteiger partial charge >= 0.3 is 0 Å². The molecular formula is C22H29N3O2. The van der Waals surface area contributed by atoms with Crippen LogP contribution in [0.2, 0.25) is 0 Å². The summed E-state index contributed by atoms with van der Waals surface area (Å²) in [5, 5.41) is 14.4. The summed E-state index contributed by atoms with van der Waals surface area (Å²) in [6.45, 7) is 7.26. The van der Waals surface area contributed by atoms with Gasteiger partial charge in [-0.1, -0.05) is 38.1 Å². The van der Waals surface area contributed by atoms with Gasteiger partial charge in [0.2, 0.25) is 0 Å². The quantitative estimate of drug-likeness (QED) is 0.631. The van der Waals surface area contributed by atoms with Crippen LogP contribution in [0.15, 0.2) is 48.8 Å². The minimum atomic E-state index is -0.176. The zero-order valence-electron chi connectivity index (χ0n) is 16.2. The molecule has 5 heteroatoms. The van der Waals surface area contributed by atoms with Gasteiger partial charge in [-0.25, -0.2) is 0 Å². The third-order valence-electron chi connectivity index (χ3n) is 4.95. The van der Waals surface area contributed by atoms with Crippen LogP contribution in [0.1, 0.15) is 48.2 Å². The molecule has 1 fully saturated rings. The first-order valence-electron chi connectivity index (χ1n) is 9.79. The van der Waals surface area contributed by atoms with Gasteiger partial charge in [0.25, 0.3) is 5.91 Å². The molecule has 1 saturated heterocycles. The van der Waals surface area contributed by atoms with E-state index in [1.807, 2.05) is 0 Å². The van der Waals surface area contributed by atoms with Gasteiger partial charge in [0.1, 0.15) is 5.56 Å². The number of nitrogens with zero attached hydrogens (tertiary/aromatic N) is 2. The van der Waals surface area contributed by atoms with Gasteiger partial charge in [-0.15, -0.1) is 0 Å². The number of amides is 1. The predicted octanol–water partition coefficient (Wildman–Crippen LogP) is 2.91. The molecule has 144 valence electrons. The van der Waals surface area contributed by atoms with Crippen molar-refractivity contribution in [1.82, 2.24) is 10.2 Å². The Balaban J connectivity index is 1.54. The van der Waals surface area contributed by atoms with Crippen LogP contribution in [-0.2, 0) is 13.0 Å². The zero-order chi connectivity index (χ0) is 19.2. The van der Waals surface area contributed by atoms with Crippen LogP contribution in [0.4, 0.5) is 0 Å². The number of hydrogen-bond donors (Lipinski definition) is 1. The average molecular weight is 367 g/mol. The molecule has 0 bridgehead atoms. The highest BCUT2D eigenvalue weighted by atomic mass is 16.5. The predicted molar refractivity (Wildman–Crippen MR) is 106 cm³/mol. The van der Waals surface area contributed by atoms with Crippen molar-refractivity contribution in [3.63, 3.8) is 0 Å². The second kappa shape index (κ2) is 9.00. The molecule has 5 nitrogen and oxygen atoms in total. The van der Waals surface area contributed by atoms with Crippen LogP contribution in [-0.4, -0.2) is 29.9 Å². The first-order chi connectivity index (χ1) is 13.0. The lowest BCUT2D eigenvalue weighted by molar-refractivity contribution is -0.605. The highest BCUT2D eigenvalue weighted by Gasteiger charge is 2.22. The molecule has 1 aromatic carbocycles. The summed E-state index contributed by atoms with van der Waals surface area (Å²) >= 11 is 0. The van der Waals surface area contributed by atoms with E-state index in [0.717, 1.165) is 38.9 Å². The van der Waals surface area contributed by atoms with Crippen LogP contribution >= 0.6 is 0 Å². The third kappa shape index (κ3) is 5.79. The third-order valence-corrected chi connectivity index (χ3v) is 4.95. The van der Waals surface area contributed by atoms with Crippen molar-refractivity contribution >= 4 is 5.91 Å². The van der Waals surface area contributed by atoms with E-state index in [9.17, 15) is 10.0 Å². The van der Waals surface area contributed by atoms with Crippen molar-refractivity contribution in [1.29, 1.82) is 0 Å². The summed E-state index contributed by atoms with van der Waals surface area (Å²) in [4.78, 5) is 14.8. The topological polar surface area (TPSA) is 59.3 Å². The molecule has 1 aliphatic rings. The van der Waals surface area contributed by atoms with Crippen molar-refractivity contribution in [3.8, 4) is 0 Å². The number of pyridine rings is 1. The number of hydrogen-bond acceptors (Lipinski definition) is 3. The molecule has 2 heterocycles. The molecule has 3 rings (SSSR count). The normalized spacial score (nSPS) is 17.8. The highest BCUT2D eigenvalue weighted by molar-refractivity contribution is 5.93. The van der Waals surface area contributed by atoms with Crippen molar-refractivity contribution in [2.45, 2.75) is 45.7 Å². The first-order valence-corrected chi connectivity index (χ1v) is 9.79. The van der Waals surface area contributed by atoms with Crippen molar-refractivity contribution in [2.24, 2.45) is 5.92 Å². The SMILES string of the molecule is CC(C)Cc1ccc(CN2CCC[C@H](NC(=O)c3ccc[n+]([O-])c3)C2)cc1. The van der Waals surface area contributed by atoms with E-state index in [2.05, 4.69) is 48.3 Å². The van der Waals surface area contributed by atoms with Crippen molar-refractivity contribution in [3.05, 3.63) is 70.7 Å². The molecular weight excluding hydrogens is 338 g/mol. The van der Waals surface area contributed by atoms with Gasteiger partial charge < -0.3 is 10.5 Å². The van der Waals surface area contributed by atoms with E-state index < -0.39 is 0 Å². The summed E-state index contributed by atoms with van der Waals surface area (Å²) in [6, 6.07) is 12.3. The maximum atomic E-state index is 12.4. The Hall–Kier alpha value is -2.40. The van der Waals surface area contributed by atoms with Crippen molar-refractivity contribution in [2.75, 3.05) is 13.1 Å². The van der Waals surface area contributed by atoms with Crippen LogP contribution in [0, 0.1) is 11.1 Å². The Morgan fingerprint density at radius 2 is 2.00 bits per heavy atom. The van der Waals surface area contributed by atoms with Gasteiger partial charge in [0, 0.05) is 25.2 Å². The Morgan fingerprint density at radius 3 is 2.70 bits per heavy atom. The smallest absolute Gasteiger partial charge is 0.257 e. The summed E-state index contributed by atoms with van der Waals surface area (Å²) < 4.78 is 0.658. The Kier molecular flexibility index (Phi) is 6.45. The molecule has 1 aliphatic heterocycles. The largest absolute Gasteiger partial charge is 0.619 e. The monoisotopic (exact) mass is 367 g/mol. The number of carbonyl (C=O) groups is 1. The molecule has 2 aromatic rings. The minimum Gasteiger partial charge on any atom is -0.619 e. The lowest BCUT2D eigenvalue weighted by atomic mass is 10.0. The number of aromatic nitrogens is 1. The van der Waals surface area contributed by atoms with Gasteiger partial charge in [0.15, 0.2) is 12.4 Å². The fourth-order valence-corrected chi connectivity index (χ4v) is 3.69. The second-order valence-corrected chi connectivity index (χ2v) is 7.91. The number of benzene rings is 1. The summed E-state index contributed by atoms with van der Waals surface area (Å²) in [6.07, 6.45) is 5.84.